The second-order valence-corrected chi connectivity index (χ2v) is 5.74. The molecule has 4 heteroatoms. The first-order valence-electron chi connectivity index (χ1n) is 6.25. The summed E-state index contributed by atoms with van der Waals surface area (Å²) in [5, 5.41) is 13.8. The lowest BCUT2D eigenvalue weighted by Crippen LogP contribution is -2.39. The van der Waals surface area contributed by atoms with E-state index in [0.717, 1.165) is 18.9 Å². The van der Waals surface area contributed by atoms with Crippen molar-refractivity contribution in [2.24, 2.45) is 0 Å². The largest absolute Gasteiger partial charge is 0.382 e. The molecular weight excluding hydrogens is 214 g/mol. The first kappa shape index (κ1) is 14.2. The zero-order chi connectivity index (χ0) is 13.1. The Morgan fingerprint density at radius 2 is 2.00 bits per heavy atom. The van der Waals surface area contributed by atoms with Gasteiger partial charge in [0, 0.05) is 24.5 Å². The van der Waals surface area contributed by atoms with E-state index in [1.54, 1.807) is 6.20 Å². The maximum absolute atomic E-state index is 10.5. The lowest BCUT2D eigenvalue weighted by Gasteiger charge is -2.27. The van der Waals surface area contributed by atoms with Crippen LogP contribution in [0.15, 0.2) is 12.4 Å². The number of hydrogen-bond acceptors (Lipinski definition) is 3. The number of aryl methyl sites for hydroxylation is 1. The topological polar surface area (TPSA) is 50.1 Å². The van der Waals surface area contributed by atoms with Crippen molar-refractivity contribution < 1.29 is 5.11 Å². The number of hydrogen-bond donors (Lipinski definition) is 2. The summed E-state index contributed by atoms with van der Waals surface area (Å²) in [4.78, 5) is 4.26. The molecule has 1 aromatic rings. The van der Waals surface area contributed by atoms with Crippen LogP contribution in [-0.2, 0) is 12.1 Å². The Balaban J connectivity index is 2.62. The fourth-order valence-corrected chi connectivity index (χ4v) is 1.83. The Hall–Kier alpha value is -0.870. The molecule has 0 saturated heterocycles. The third-order valence-corrected chi connectivity index (χ3v) is 2.81. The van der Waals surface area contributed by atoms with Crippen molar-refractivity contribution >= 4 is 0 Å². The van der Waals surface area contributed by atoms with E-state index in [1.165, 1.54) is 0 Å². The zero-order valence-corrected chi connectivity index (χ0v) is 11.6. The lowest BCUT2D eigenvalue weighted by atomic mass is 10.00. The van der Waals surface area contributed by atoms with E-state index < -0.39 is 5.60 Å². The standard InChI is InChI=1S/C13H25N3O/c1-6-16-10-9-14-11(16)13(5,17)7-8-15-12(2,3)4/h9-10,15,17H,6-8H2,1-5H3. The van der Waals surface area contributed by atoms with E-state index in [4.69, 9.17) is 0 Å². The molecule has 0 fully saturated rings. The van der Waals surface area contributed by atoms with Crippen LogP contribution in [-0.4, -0.2) is 26.7 Å². The van der Waals surface area contributed by atoms with E-state index in [2.05, 4.69) is 38.0 Å². The first-order valence-corrected chi connectivity index (χ1v) is 6.25. The van der Waals surface area contributed by atoms with Crippen molar-refractivity contribution in [3.05, 3.63) is 18.2 Å². The molecule has 0 amide bonds. The van der Waals surface area contributed by atoms with Crippen molar-refractivity contribution in [1.82, 2.24) is 14.9 Å². The van der Waals surface area contributed by atoms with Gasteiger partial charge in [0.2, 0.25) is 0 Å². The summed E-state index contributed by atoms with van der Waals surface area (Å²) in [6.07, 6.45) is 4.30. The number of aromatic nitrogens is 2. The van der Waals surface area contributed by atoms with E-state index >= 15 is 0 Å². The van der Waals surface area contributed by atoms with Crippen LogP contribution in [0.3, 0.4) is 0 Å². The van der Waals surface area contributed by atoms with E-state index in [0.29, 0.717) is 6.42 Å². The lowest BCUT2D eigenvalue weighted by molar-refractivity contribution is 0.0338. The molecule has 2 N–H and O–H groups in total. The number of imidazole rings is 1. The molecule has 1 unspecified atom stereocenters. The number of nitrogens with zero attached hydrogens (tertiary/aromatic N) is 2. The normalized spacial score (nSPS) is 15.9. The smallest absolute Gasteiger partial charge is 0.140 e. The average Bonchev–Trinajstić information content (AvgIpc) is 2.63. The molecular formula is C13H25N3O. The Kier molecular flexibility index (Phi) is 4.33. The summed E-state index contributed by atoms with van der Waals surface area (Å²) < 4.78 is 1.98. The van der Waals surface area contributed by atoms with Gasteiger partial charge in [-0.25, -0.2) is 4.98 Å². The summed E-state index contributed by atoms with van der Waals surface area (Å²) in [5.41, 5.74) is -0.798. The fourth-order valence-electron chi connectivity index (χ4n) is 1.83. The van der Waals surface area contributed by atoms with Crippen LogP contribution in [0.5, 0.6) is 0 Å². The highest BCUT2D eigenvalue weighted by atomic mass is 16.3. The van der Waals surface area contributed by atoms with Crippen LogP contribution in [0.2, 0.25) is 0 Å². The second kappa shape index (κ2) is 5.19. The van der Waals surface area contributed by atoms with Crippen LogP contribution >= 0.6 is 0 Å². The summed E-state index contributed by atoms with van der Waals surface area (Å²) in [6, 6.07) is 0. The second-order valence-electron chi connectivity index (χ2n) is 5.74. The highest BCUT2D eigenvalue weighted by molar-refractivity contribution is 5.03. The highest BCUT2D eigenvalue weighted by Gasteiger charge is 2.27. The minimum absolute atomic E-state index is 0.0796. The molecule has 0 bridgehead atoms. The van der Waals surface area contributed by atoms with Gasteiger partial charge in [-0.15, -0.1) is 0 Å². The molecule has 0 aromatic carbocycles. The van der Waals surface area contributed by atoms with Gasteiger partial charge < -0.3 is 15.0 Å². The first-order chi connectivity index (χ1) is 7.76. The van der Waals surface area contributed by atoms with Gasteiger partial charge in [0.25, 0.3) is 0 Å². The molecule has 1 atom stereocenters. The van der Waals surface area contributed by atoms with Crippen LogP contribution in [0.1, 0.15) is 46.9 Å². The van der Waals surface area contributed by atoms with E-state index in [-0.39, 0.29) is 5.54 Å². The van der Waals surface area contributed by atoms with Crippen LogP contribution in [0.25, 0.3) is 0 Å². The molecule has 1 heterocycles. The van der Waals surface area contributed by atoms with Gasteiger partial charge in [0.15, 0.2) is 0 Å². The van der Waals surface area contributed by atoms with Crippen molar-refractivity contribution in [2.45, 2.75) is 58.7 Å². The summed E-state index contributed by atoms with van der Waals surface area (Å²) in [6.45, 7) is 11.8. The molecule has 0 aliphatic heterocycles. The highest BCUT2D eigenvalue weighted by Crippen LogP contribution is 2.22. The van der Waals surface area contributed by atoms with Gasteiger partial charge in [-0.05, 0) is 47.6 Å². The van der Waals surface area contributed by atoms with E-state index in [9.17, 15) is 5.11 Å². The van der Waals surface area contributed by atoms with Gasteiger partial charge in [-0.1, -0.05) is 0 Å². The number of nitrogens with one attached hydrogen (secondary N) is 1. The summed E-state index contributed by atoms with van der Waals surface area (Å²) in [5.74, 6) is 0.746. The average molecular weight is 239 g/mol. The third kappa shape index (κ3) is 4.13. The van der Waals surface area contributed by atoms with E-state index in [1.807, 2.05) is 17.7 Å². The van der Waals surface area contributed by atoms with Crippen molar-refractivity contribution in [3.63, 3.8) is 0 Å². The molecule has 0 aliphatic rings. The molecule has 0 aliphatic carbocycles. The molecule has 0 saturated carbocycles. The van der Waals surface area contributed by atoms with Crippen molar-refractivity contribution in [3.8, 4) is 0 Å². The molecule has 1 aromatic heterocycles. The predicted octanol–water partition coefficient (Wildman–Crippen LogP) is 1.89. The fraction of sp³-hybridized carbons (Fsp3) is 0.769. The van der Waals surface area contributed by atoms with Gasteiger partial charge in [-0.2, -0.15) is 0 Å². The molecule has 4 nitrogen and oxygen atoms in total. The van der Waals surface area contributed by atoms with Crippen molar-refractivity contribution in [1.29, 1.82) is 0 Å². The van der Waals surface area contributed by atoms with Gasteiger partial charge in [0.1, 0.15) is 11.4 Å². The Morgan fingerprint density at radius 3 is 2.53 bits per heavy atom. The maximum Gasteiger partial charge on any atom is 0.140 e. The number of aliphatic hydroxyl groups is 1. The minimum atomic E-state index is -0.877. The zero-order valence-electron chi connectivity index (χ0n) is 11.6. The van der Waals surface area contributed by atoms with Gasteiger partial charge in [-0.3, -0.25) is 0 Å². The Morgan fingerprint density at radius 1 is 1.35 bits per heavy atom. The SMILES string of the molecule is CCn1ccnc1C(C)(O)CCNC(C)(C)C. The molecule has 0 spiro atoms. The Labute approximate surface area is 104 Å². The minimum Gasteiger partial charge on any atom is -0.382 e. The summed E-state index contributed by atoms with van der Waals surface area (Å²) in [7, 11) is 0. The maximum atomic E-state index is 10.5. The summed E-state index contributed by atoms with van der Waals surface area (Å²) >= 11 is 0. The Bertz CT molecular complexity index is 350. The third-order valence-electron chi connectivity index (χ3n) is 2.81. The molecule has 0 radical (unpaired) electrons. The molecule has 98 valence electrons. The molecule has 17 heavy (non-hydrogen) atoms. The van der Waals surface area contributed by atoms with Crippen LogP contribution in [0, 0.1) is 0 Å². The van der Waals surface area contributed by atoms with Gasteiger partial charge in [0.05, 0.1) is 0 Å². The number of rotatable bonds is 5. The van der Waals surface area contributed by atoms with Crippen LogP contribution < -0.4 is 5.32 Å². The quantitative estimate of drug-likeness (QED) is 0.825. The predicted molar refractivity (Wildman–Crippen MR) is 69.8 cm³/mol. The van der Waals surface area contributed by atoms with Crippen molar-refractivity contribution in [2.75, 3.05) is 6.54 Å². The van der Waals surface area contributed by atoms with Gasteiger partial charge >= 0.3 is 0 Å². The van der Waals surface area contributed by atoms with Crippen LogP contribution in [0.4, 0.5) is 0 Å². The molecule has 1 rings (SSSR count). The monoisotopic (exact) mass is 239 g/mol.